The van der Waals surface area contributed by atoms with E-state index in [1.807, 2.05) is 0 Å². The Bertz CT molecular complexity index is 367. The van der Waals surface area contributed by atoms with E-state index in [0.29, 0.717) is 18.8 Å². The van der Waals surface area contributed by atoms with Crippen molar-refractivity contribution >= 4 is 12.0 Å². The van der Waals surface area contributed by atoms with Crippen LogP contribution in [0.25, 0.3) is 0 Å². The Hall–Kier alpha value is -1.10. The van der Waals surface area contributed by atoms with Gasteiger partial charge in [-0.2, -0.15) is 0 Å². The number of cyclic esters (lactones) is 1. The van der Waals surface area contributed by atoms with Crippen molar-refractivity contribution in [3.05, 3.63) is 0 Å². The summed E-state index contributed by atoms with van der Waals surface area (Å²) < 4.78 is 4.92. The number of hydrogen-bond donors (Lipinski definition) is 1. The summed E-state index contributed by atoms with van der Waals surface area (Å²) in [6.07, 6.45) is 4.25. The molecular weight excluding hydrogens is 258 g/mol. The van der Waals surface area contributed by atoms with Crippen LogP contribution in [-0.2, 0) is 9.53 Å². The summed E-state index contributed by atoms with van der Waals surface area (Å²) in [5, 5.41) is 10.3. The predicted molar refractivity (Wildman–Crippen MR) is 74.0 cm³/mol. The molecular formula is C15H25NO4. The highest BCUT2D eigenvalue weighted by molar-refractivity contribution is 5.95. The smallest absolute Gasteiger partial charge is 0.416 e. The van der Waals surface area contributed by atoms with Crippen LogP contribution in [0.15, 0.2) is 0 Å². The van der Waals surface area contributed by atoms with Gasteiger partial charge in [-0.05, 0) is 25.7 Å². The highest BCUT2D eigenvalue weighted by Gasteiger charge is 2.42. The normalized spacial score (nSPS) is 25.4. The van der Waals surface area contributed by atoms with Crippen LogP contribution in [-0.4, -0.2) is 40.8 Å². The molecule has 3 atom stereocenters. The highest BCUT2D eigenvalue weighted by Crippen LogP contribution is 2.38. The van der Waals surface area contributed by atoms with Gasteiger partial charge in [-0.1, -0.05) is 32.6 Å². The molecule has 1 aliphatic carbocycles. The largest absolute Gasteiger partial charge is 0.447 e. The summed E-state index contributed by atoms with van der Waals surface area (Å²) in [5.41, 5.74) is 0. The summed E-state index contributed by atoms with van der Waals surface area (Å²) in [6.45, 7) is 4.12. The van der Waals surface area contributed by atoms with Gasteiger partial charge < -0.3 is 9.84 Å². The number of carbonyl (C=O) groups excluding carboxylic acids is 2. The summed E-state index contributed by atoms with van der Waals surface area (Å²) in [4.78, 5) is 25.5. The van der Waals surface area contributed by atoms with E-state index < -0.39 is 18.1 Å². The van der Waals surface area contributed by atoms with Crippen molar-refractivity contribution in [2.24, 2.45) is 11.8 Å². The Morgan fingerprint density at radius 2 is 2.20 bits per heavy atom. The van der Waals surface area contributed by atoms with E-state index in [9.17, 15) is 14.7 Å². The van der Waals surface area contributed by atoms with Crippen LogP contribution < -0.4 is 0 Å². The van der Waals surface area contributed by atoms with Gasteiger partial charge in [0.15, 0.2) is 0 Å². The molecule has 1 saturated heterocycles. The van der Waals surface area contributed by atoms with E-state index in [1.54, 1.807) is 6.92 Å². The number of imide groups is 1. The zero-order chi connectivity index (χ0) is 14.7. The molecule has 5 nitrogen and oxygen atoms in total. The second-order valence-corrected chi connectivity index (χ2v) is 6.13. The number of hydrogen-bond acceptors (Lipinski definition) is 4. The third kappa shape index (κ3) is 3.51. The number of amides is 2. The maximum atomic E-state index is 12.6. The van der Waals surface area contributed by atoms with Crippen LogP contribution in [0.5, 0.6) is 0 Å². The maximum Gasteiger partial charge on any atom is 0.416 e. The number of ether oxygens (including phenoxy) is 1. The van der Waals surface area contributed by atoms with Gasteiger partial charge in [0.05, 0.1) is 18.1 Å². The van der Waals surface area contributed by atoms with Crippen molar-refractivity contribution in [3.8, 4) is 0 Å². The standard InChI is InChI=1S/C15H25NO4/c1-3-4-5-13(17)12(8-11-6-7-11)14(18)16-10(2)9-20-15(16)19/h10-13,17H,3-9H2,1-2H3. The average Bonchev–Trinajstić information content (AvgIpc) is 3.18. The molecule has 0 spiro atoms. The molecule has 3 unspecified atom stereocenters. The monoisotopic (exact) mass is 283 g/mol. The minimum absolute atomic E-state index is 0.227. The lowest BCUT2D eigenvalue weighted by Crippen LogP contribution is -2.45. The van der Waals surface area contributed by atoms with Crippen molar-refractivity contribution in [1.29, 1.82) is 0 Å². The Morgan fingerprint density at radius 1 is 1.50 bits per heavy atom. The van der Waals surface area contributed by atoms with Crippen molar-refractivity contribution in [3.63, 3.8) is 0 Å². The lowest BCUT2D eigenvalue weighted by atomic mass is 9.91. The number of nitrogens with zero attached hydrogens (tertiary/aromatic N) is 1. The molecule has 1 heterocycles. The number of aliphatic hydroxyl groups excluding tert-OH is 1. The first-order valence-electron chi connectivity index (χ1n) is 7.72. The zero-order valence-corrected chi connectivity index (χ0v) is 12.4. The summed E-state index contributed by atoms with van der Waals surface area (Å²) in [5.74, 6) is -0.174. The molecule has 114 valence electrons. The molecule has 0 aromatic carbocycles. The maximum absolute atomic E-state index is 12.6. The van der Waals surface area contributed by atoms with Crippen LogP contribution in [0.3, 0.4) is 0 Å². The van der Waals surface area contributed by atoms with Crippen LogP contribution in [0.1, 0.15) is 52.4 Å². The number of aliphatic hydroxyl groups is 1. The van der Waals surface area contributed by atoms with Gasteiger partial charge in [0.25, 0.3) is 0 Å². The van der Waals surface area contributed by atoms with Crippen molar-refractivity contribution < 1.29 is 19.4 Å². The van der Waals surface area contributed by atoms with Crippen molar-refractivity contribution in [2.75, 3.05) is 6.61 Å². The lowest BCUT2D eigenvalue weighted by molar-refractivity contribution is -0.137. The molecule has 2 aliphatic rings. The number of carbonyl (C=O) groups is 2. The van der Waals surface area contributed by atoms with Crippen LogP contribution in [0, 0.1) is 11.8 Å². The zero-order valence-electron chi connectivity index (χ0n) is 12.4. The van der Waals surface area contributed by atoms with Gasteiger partial charge in [0, 0.05) is 0 Å². The van der Waals surface area contributed by atoms with E-state index in [4.69, 9.17) is 4.74 Å². The quantitative estimate of drug-likeness (QED) is 0.778. The van der Waals surface area contributed by atoms with Crippen LogP contribution in [0.4, 0.5) is 4.79 Å². The molecule has 2 rings (SSSR count). The SMILES string of the molecule is CCCCC(O)C(CC1CC1)C(=O)N1C(=O)OCC1C. The third-order valence-corrected chi connectivity index (χ3v) is 4.24. The summed E-state index contributed by atoms with van der Waals surface area (Å²) in [6, 6.07) is -0.227. The summed E-state index contributed by atoms with van der Waals surface area (Å²) in [7, 11) is 0. The van der Waals surface area contributed by atoms with Gasteiger partial charge in [0.2, 0.25) is 5.91 Å². The molecule has 0 bridgehead atoms. The van der Waals surface area contributed by atoms with Gasteiger partial charge in [-0.25, -0.2) is 9.69 Å². The van der Waals surface area contributed by atoms with Gasteiger partial charge in [-0.3, -0.25) is 4.79 Å². The fourth-order valence-corrected chi connectivity index (χ4v) is 2.75. The highest BCUT2D eigenvalue weighted by atomic mass is 16.6. The van der Waals surface area contributed by atoms with Crippen LogP contribution in [0.2, 0.25) is 0 Å². The van der Waals surface area contributed by atoms with Gasteiger partial charge in [0.1, 0.15) is 6.61 Å². The molecule has 2 amide bonds. The molecule has 0 aromatic rings. The average molecular weight is 283 g/mol. The Balaban J connectivity index is 2.04. The Labute approximate surface area is 120 Å². The molecule has 20 heavy (non-hydrogen) atoms. The molecule has 0 radical (unpaired) electrons. The Kier molecular flexibility index (Phi) is 5.02. The van der Waals surface area contributed by atoms with E-state index >= 15 is 0 Å². The van der Waals surface area contributed by atoms with Crippen LogP contribution >= 0.6 is 0 Å². The van der Waals surface area contributed by atoms with Gasteiger partial charge >= 0.3 is 6.09 Å². The van der Waals surface area contributed by atoms with E-state index in [2.05, 4.69) is 6.92 Å². The molecule has 1 N–H and O–H groups in total. The fourth-order valence-electron chi connectivity index (χ4n) is 2.75. The summed E-state index contributed by atoms with van der Waals surface area (Å²) >= 11 is 0. The number of unbranched alkanes of at least 4 members (excludes halogenated alkanes) is 1. The second-order valence-electron chi connectivity index (χ2n) is 6.13. The van der Waals surface area contributed by atoms with Gasteiger partial charge in [-0.15, -0.1) is 0 Å². The first-order valence-corrected chi connectivity index (χ1v) is 7.72. The van der Waals surface area contributed by atoms with E-state index in [-0.39, 0.29) is 18.6 Å². The number of rotatable bonds is 7. The van der Waals surface area contributed by atoms with E-state index in [0.717, 1.165) is 25.7 Å². The van der Waals surface area contributed by atoms with Crippen molar-refractivity contribution in [1.82, 2.24) is 4.90 Å². The minimum Gasteiger partial charge on any atom is -0.447 e. The molecule has 2 fully saturated rings. The third-order valence-electron chi connectivity index (χ3n) is 4.24. The first kappa shape index (κ1) is 15.3. The fraction of sp³-hybridized carbons (Fsp3) is 0.867. The molecule has 1 saturated carbocycles. The predicted octanol–water partition coefficient (Wildman–Crippen LogP) is 2.32. The van der Waals surface area contributed by atoms with Crippen molar-refractivity contribution in [2.45, 2.75) is 64.5 Å². The lowest BCUT2D eigenvalue weighted by Gasteiger charge is -2.26. The Morgan fingerprint density at radius 3 is 2.70 bits per heavy atom. The minimum atomic E-state index is -0.649. The first-order chi connectivity index (χ1) is 9.54. The second kappa shape index (κ2) is 6.57. The van der Waals surface area contributed by atoms with E-state index in [1.165, 1.54) is 4.90 Å². The topological polar surface area (TPSA) is 66.8 Å². The molecule has 0 aromatic heterocycles. The molecule has 5 heteroatoms. The molecule has 1 aliphatic heterocycles.